The molecule has 1 atom stereocenters. The maximum atomic E-state index is 13.1. The van der Waals surface area contributed by atoms with Crippen LogP contribution in [0.25, 0.3) is 0 Å². The van der Waals surface area contributed by atoms with E-state index < -0.39 is 5.97 Å². The molecule has 0 bridgehead atoms. The fourth-order valence-corrected chi connectivity index (χ4v) is 5.62. The van der Waals surface area contributed by atoms with Crippen LogP contribution >= 0.6 is 11.3 Å². The van der Waals surface area contributed by atoms with Gasteiger partial charge in [-0.25, -0.2) is 0 Å². The number of thiophene rings is 1. The van der Waals surface area contributed by atoms with E-state index in [1.54, 1.807) is 0 Å². The van der Waals surface area contributed by atoms with E-state index >= 15 is 0 Å². The Morgan fingerprint density at radius 2 is 1.89 bits per heavy atom. The van der Waals surface area contributed by atoms with Crippen LogP contribution in [-0.4, -0.2) is 28.9 Å². The molecule has 0 saturated heterocycles. The summed E-state index contributed by atoms with van der Waals surface area (Å²) in [6.45, 7) is 2.20. The predicted molar refractivity (Wildman–Crippen MR) is 110 cm³/mol. The van der Waals surface area contributed by atoms with Crippen molar-refractivity contribution in [3.05, 3.63) is 16.0 Å². The quantitative estimate of drug-likeness (QED) is 0.605. The third kappa shape index (κ3) is 5.13. The highest BCUT2D eigenvalue weighted by atomic mass is 32.1. The Hall–Kier alpha value is -1.89. The number of nitrogens with one attached hydrogen (secondary N) is 2. The lowest BCUT2D eigenvalue weighted by atomic mass is 9.85. The van der Waals surface area contributed by atoms with E-state index in [1.807, 2.05) is 0 Å². The Labute approximate surface area is 170 Å². The molecule has 1 aromatic rings. The maximum absolute atomic E-state index is 13.1. The Kier molecular flexibility index (Phi) is 7.10. The number of carboxylic acids is 1. The van der Waals surface area contributed by atoms with Gasteiger partial charge in [0.25, 0.3) is 5.91 Å². The average Bonchev–Trinajstić information content (AvgIpc) is 3.27. The summed E-state index contributed by atoms with van der Waals surface area (Å²) in [4.78, 5) is 37.2. The zero-order valence-corrected chi connectivity index (χ0v) is 17.3. The van der Waals surface area contributed by atoms with Crippen molar-refractivity contribution in [1.29, 1.82) is 0 Å². The molecule has 28 heavy (non-hydrogen) atoms. The number of amides is 2. The van der Waals surface area contributed by atoms with Crippen LogP contribution < -0.4 is 10.6 Å². The summed E-state index contributed by atoms with van der Waals surface area (Å²) in [5.74, 6) is -0.556. The largest absolute Gasteiger partial charge is 0.481 e. The molecule has 0 spiro atoms. The van der Waals surface area contributed by atoms with Crippen molar-refractivity contribution >= 4 is 34.1 Å². The number of aliphatic carboxylic acids is 1. The summed E-state index contributed by atoms with van der Waals surface area (Å²) >= 11 is 1.53. The van der Waals surface area contributed by atoms with Gasteiger partial charge in [0.05, 0.1) is 5.56 Å². The smallest absolute Gasteiger partial charge is 0.303 e. The van der Waals surface area contributed by atoms with Crippen LogP contribution in [0.5, 0.6) is 0 Å². The van der Waals surface area contributed by atoms with Gasteiger partial charge in [0.1, 0.15) is 5.00 Å². The molecule has 1 aromatic heterocycles. The van der Waals surface area contributed by atoms with Gasteiger partial charge >= 0.3 is 5.97 Å². The Morgan fingerprint density at radius 1 is 1.14 bits per heavy atom. The summed E-state index contributed by atoms with van der Waals surface area (Å²) in [6, 6.07) is 0.231. The van der Waals surface area contributed by atoms with Crippen molar-refractivity contribution in [2.45, 2.75) is 83.6 Å². The van der Waals surface area contributed by atoms with Crippen molar-refractivity contribution < 1.29 is 19.5 Å². The highest BCUT2D eigenvalue weighted by Crippen LogP contribution is 2.40. The van der Waals surface area contributed by atoms with E-state index in [-0.39, 0.29) is 30.7 Å². The molecular formula is C21H30N2O4S. The second-order valence-electron chi connectivity index (χ2n) is 7.98. The number of carbonyl (C=O) groups excluding carboxylic acids is 2. The summed E-state index contributed by atoms with van der Waals surface area (Å²) in [5, 5.41) is 15.5. The molecule has 1 saturated carbocycles. The molecule has 3 N–H and O–H groups in total. The summed E-state index contributed by atoms with van der Waals surface area (Å²) < 4.78 is 0. The van der Waals surface area contributed by atoms with Crippen LogP contribution in [0.1, 0.15) is 85.5 Å². The van der Waals surface area contributed by atoms with Crippen molar-refractivity contribution in [1.82, 2.24) is 5.32 Å². The number of rotatable bonds is 8. The van der Waals surface area contributed by atoms with Gasteiger partial charge in [-0.15, -0.1) is 11.3 Å². The molecule has 0 unspecified atom stereocenters. The van der Waals surface area contributed by atoms with Crippen LogP contribution in [0.2, 0.25) is 0 Å². The highest BCUT2D eigenvalue weighted by molar-refractivity contribution is 7.17. The second kappa shape index (κ2) is 9.54. The van der Waals surface area contributed by atoms with Gasteiger partial charge in [-0.2, -0.15) is 0 Å². The van der Waals surface area contributed by atoms with Gasteiger partial charge in [-0.1, -0.05) is 26.2 Å². The van der Waals surface area contributed by atoms with E-state index in [1.165, 1.54) is 16.2 Å². The fraction of sp³-hybridized carbons (Fsp3) is 0.667. The molecule has 0 aromatic carbocycles. The molecule has 2 amide bonds. The number of hydrogen-bond acceptors (Lipinski definition) is 4. The van der Waals surface area contributed by atoms with Crippen LogP contribution in [-0.2, 0) is 22.4 Å². The molecule has 154 valence electrons. The lowest BCUT2D eigenvalue weighted by molar-refractivity contribution is -0.137. The van der Waals surface area contributed by atoms with Gasteiger partial charge in [0.15, 0.2) is 0 Å². The third-order valence-electron chi connectivity index (χ3n) is 5.91. The molecule has 6 nitrogen and oxygen atoms in total. The first-order valence-electron chi connectivity index (χ1n) is 10.4. The van der Waals surface area contributed by atoms with Crippen LogP contribution in [0, 0.1) is 5.92 Å². The van der Waals surface area contributed by atoms with Crippen LogP contribution in [0.3, 0.4) is 0 Å². The van der Waals surface area contributed by atoms with Gasteiger partial charge in [0, 0.05) is 23.8 Å². The number of anilines is 1. The second-order valence-corrected chi connectivity index (χ2v) is 9.08. The molecular weight excluding hydrogens is 376 g/mol. The first kappa shape index (κ1) is 20.8. The lowest BCUT2D eigenvalue weighted by Crippen LogP contribution is -2.33. The fourth-order valence-electron chi connectivity index (χ4n) is 4.25. The van der Waals surface area contributed by atoms with Crippen molar-refractivity contribution in [3.63, 3.8) is 0 Å². The Balaban J connectivity index is 1.77. The summed E-state index contributed by atoms with van der Waals surface area (Å²) in [6.07, 6.45) is 8.82. The zero-order chi connectivity index (χ0) is 20.1. The van der Waals surface area contributed by atoms with E-state index in [9.17, 15) is 14.4 Å². The normalized spacial score (nSPS) is 19.2. The minimum atomic E-state index is -0.901. The first-order valence-corrected chi connectivity index (χ1v) is 11.3. The highest BCUT2D eigenvalue weighted by Gasteiger charge is 2.30. The molecule has 0 aliphatic heterocycles. The topological polar surface area (TPSA) is 95.5 Å². The molecule has 0 radical (unpaired) electrons. The predicted octanol–water partition coefficient (Wildman–Crippen LogP) is 4.13. The number of carboxylic acid groups (broad SMARTS) is 1. The average molecular weight is 407 g/mol. The minimum absolute atomic E-state index is 0.0262. The summed E-state index contributed by atoms with van der Waals surface area (Å²) in [7, 11) is 0. The van der Waals surface area contributed by atoms with Crippen molar-refractivity contribution in [3.8, 4) is 0 Å². The lowest BCUT2D eigenvalue weighted by Gasteiger charge is -2.21. The van der Waals surface area contributed by atoms with E-state index in [4.69, 9.17) is 5.11 Å². The number of carbonyl (C=O) groups is 3. The molecule has 3 rings (SSSR count). The van der Waals surface area contributed by atoms with Crippen LogP contribution in [0.4, 0.5) is 5.00 Å². The molecule has 1 fully saturated rings. The van der Waals surface area contributed by atoms with E-state index in [0.29, 0.717) is 22.9 Å². The van der Waals surface area contributed by atoms with Gasteiger partial charge in [-0.3, -0.25) is 14.4 Å². The monoisotopic (exact) mass is 406 g/mol. The Morgan fingerprint density at radius 3 is 2.57 bits per heavy atom. The minimum Gasteiger partial charge on any atom is -0.481 e. The third-order valence-corrected chi connectivity index (χ3v) is 7.08. The summed E-state index contributed by atoms with van der Waals surface area (Å²) in [5.41, 5.74) is 1.75. The van der Waals surface area contributed by atoms with Gasteiger partial charge < -0.3 is 15.7 Å². The molecule has 2 aliphatic carbocycles. The van der Waals surface area contributed by atoms with Crippen LogP contribution in [0.15, 0.2) is 0 Å². The molecule has 7 heteroatoms. The Bertz CT molecular complexity index is 737. The van der Waals surface area contributed by atoms with E-state index in [2.05, 4.69) is 17.6 Å². The molecule has 2 aliphatic rings. The van der Waals surface area contributed by atoms with E-state index in [0.717, 1.165) is 56.9 Å². The maximum Gasteiger partial charge on any atom is 0.303 e. The van der Waals surface area contributed by atoms with Crippen molar-refractivity contribution in [2.75, 3.05) is 5.32 Å². The zero-order valence-electron chi connectivity index (χ0n) is 16.5. The molecule has 1 heterocycles. The first-order chi connectivity index (χ1) is 13.5. The standard InChI is InChI=1S/C21H30N2O4S/c1-2-13-10-11-15-16(12-13)28-21(23-17(24)8-5-9-18(25)26)19(15)20(27)22-14-6-3-4-7-14/h13-14H,2-12H2,1H3,(H,22,27)(H,23,24)(H,25,26)/t13-/m1/s1. The van der Waals surface area contributed by atoms with Gasteiger partial charge in [-0.05, 0) is 50.0 Å². The SMILES string of the molecule is CC[C@@H]1CCc2c(sc(NC(=O)CCCC(=O)O)c2C(=O)NC2CCCC2)C1. The van der Waals surface area contributed by atoms with Crippen molar-refractivity contribution in [2.24, 2.45) is 5.92 Å². The van der Waals surface area contributed by atoms with Gasteiger partial charge in [0.2, 0.25) is 5.91 Å². The number of fused-ring (bicyclic) bond motifs is 1. The number of hydrogen-bond donors (Lipinski definition) is 3.